The molecule has 1 fully saturated rings. The molecule has 1 aliphatic rings. The van der Waals surface area contributed by atoms with Gasteiger partial charge in [-0.2, -0.15) is 0 Å². The number of nitrogen functional groups attached to an aromatic ring is 1. The fraction of sp³-hybridized carbons (Fsp3) is 0.250. The zero-order valence-corrected chi connectivity index (χ0v) is 14.8. The topological polar surface area (TPSA) is 101 Å². The zero-order valence-electron chi connectivity index (χ0n) is 13.1. The predicted octanol–water partition coefficient (Wildman–Crippen LogP) is 2.00. The minimum atomic E-state index is -0.379. The van der Waals surface area contributed by atoms with Gasteiger partial charge in [0.2, 0.25) is 11.8 Å². The molecule has 2 amide bonds. The highest BCUT2D eigenvalue weighted by atomic mass is 32.1. The van der Waals surface area contributed by atoms with Gasteiger partial charge < -0.3 is 11.1 Å². The molecule has 1 saturated heterocycles. The van der Waals surface area contributed by atoms with E-state index < -0.39 is 0 Å². The number of carbonyl (C=O) groups excluding carboxylic acids is 2. The Morgan fingerprint density at radius 2 is 2.20 bits per heavy atom. The minimum absolute atomic E-state index is 0.0721. The number of hydrogen-bond donors (Lipinski definition) is 2. The van der Waals surface area contributed by atoms with Gasteiger partial charge in [0.1, 0.15) is 0 Å². The smallest absolute Gasteiger partial charge is 0.229 e. The standard InChI is InChI=1S/C16H15N5O2S2/c17-15-19-10(8-24-15)6-18-14(23)9-5-13(22)21(7-9)16-20-11-3-1-2-4-12(11)25-16/h1-4,8-9H,5-7H2,(H2,17,19)(H,18,23). The van der Waals surface area contributed by atoms with Crippen LogP contribution in [0, 0.1) is 5.92 Å². The molecule has 4 rings (SSSR count). The van der Waals surface area contributed by atoms with Gasteiger partial charge in [-0.3, -0.25) is 14.5 Å². The lowest BCUT2D eigenvalue weighted by molar-refractivity contribution is -0.126. The molecule has 25 heavy (non-hydrogen) atoms. The predicted molar refractivity (Wildman–Crippen MR) is 98.5 cm³/mol. The largest absolute Gasteiger partial charge is 0.375 e. The van der Waals surface area contributed by atoms with Crippen molar-refractivity contribution in [2.75, 3.05) is 17.2 Å². The molecule has 0 radical (unpaired) electrons. The third-order valence-electron chi connectivity index (χ3n) is 4.02. The monoisotopic (exact) mass is 373 g/mol. The van der Waals surface area contributed by atoms with Crippen LogP contribution in [0.2, 0.25) is 0 Å². The van der Waals surface area contributed by atoms with Crippen LogP contribution in [0.3, 0.4) is 0 Å². The van der Waals surface area contributed by atoms with Crippen molar-refractivity contribution in [1.29, 1.82) is 0 Å². The summed E-state index contributed by atoms with van der Waals surface area (Å²) in [7, 11) is 0. The fourth-order valence-corrected chi connectivity index (χ4v) is 4.32. The first-order chi connectivity index (χ1) is 12.1. The van der Waals surface area contributed by atoms with E-state index in [9.17, 15) is 9.59 Å². The summed E-state index contributed by atoms with van der Waals surface area (Å²) in [6.07, 6.45) is 0.195. The van der Waals surface area contributed by atoms with Crippen molar-refractivity contribution in [2.45, 2.75) is 13.0 Å². The first-order valence-corrected chi connectivity index (χ1v) is 9.43. The second-order valence-corrected chi connectivity index (χ2v) is 7.66. The van der Waals surface area contributed by atoms with E-state index in [1.54, 1.807) is 4.90 Å². The maximum atomic E-state index is 12.4. The van der Waals surface area contributed by atoms with Crippen LogP contribution in [0.5, 0.6) is 0 Å². The Hall–Kier alpha value is -2.52. The van der Waals surface area contributed by atoms with Crippen molar-refractivity contribution >= 4 is 55.0 Å². The Bertz CT molecular complexity index is 918. The quantitative estimate of drug-likeness (QED) is 0.728. The number of amides is 2. The highest BCUT2D eigenvalue weighted by molar-refractivity contribution is 7.22. The Labute approximate surface area is 151 Å². The number of carbonyl (C=O) groups is 2. The molecule has 3 N–H and O–H groups in total. The average molecular weight is 373 g/mol. The number of rotatable bonds is 4. The minimum Gasteiger partial charge on any atom is -0.375 e. The Kier molecular flexibility index (Phi) is 4.10. The van der Waals surface area contributed by atoms with Crippen LogP contribution in [0.15, 0.2) is 29.6 Å². The molecule has 1 aliphatic heterocycles. The zero-order chi connectivity index (χ0) is 17.4. The van der Waals surface area contributed by atoms with Gasteiger partial charge in [0.05, 0.1) is 28.4 Å². The lowest BCUT2D eigenvalue weighted by atomic mass is 10.1. The number of thiazole rings is 2. The van der Waals surface area contributed by atoms with E-state index in [4.69, 9.17) is 5.73 Å². The first kappa shape index (κ1) is 16.0. The third kappa shape index (κ3) is 3.20. The number of anilines is 2. The second kappa shape index (κ2) is 6.41. The molecule has 0 aliphatic carbocycles. The third-order valence-corrected chi connectivity index (χ3v) is 5.80. The van der Waals surface area contributed by atoms with E-state index >= 15 is 0 Å². The number of nitrogens with one attached hydrogen (secondary N) is 1. The summed E-state index contributed by atoms with van der Waals surface area (Å²) in [5, 5.41) is 5.76. The van der Waals surface area contributed by atoms with Crippen molar-refractivity contribution < 1.29 is 9.59 Å². The molecule has 1 atom stereocenters. The molecule has 0 spiro atoms. The lowest BCUT2D eigenvalue weighted by Crippen LogP contribution is -2.32. The van der Waals surface area contributed by atoms with Gasteiger partial charge in [-0.1, -0.05) is 23.5 Å². The van der Waals surface area contributed by atoms with Gasteiger partial charge >= 0.3 is 0 Å². The van der Waals surface area contributed by atoms with Gasteiger partial charge in [0.15, 0.2) is 10.3 Å². The second-order valence-electron chi connectivity index (χ2n) is 5.76. The number of hydrogen-bond acceptors (Lipinski definition) is 7. The van der Waals surface area contributed by atoms with E-state index in [1.807, 2.05) is 29.6 Å². The van der Waals surface area contributed by atoms with E-state index in [2.05, 4.69) is 15.3 Å². The number of benzene rings is 1. The first-order valence-electron chi connectivity index (χ1n) is 7.73. The molecule has 0 saturated carbocycles. The molecule has 3 heterocycles. The van der Waals surface area contributed by atoms with Gasteiger partial charge in [0.25, 0.3) is 0 Å². The van der Waals surface area contributed by atoms with Gasteiger partial charge in [0, 0.05) is 18.3 Å². The summed E-state index contributed by atoms with van der Waals surface area (Å²) in [6, 6.07) is 7.75. The van der Waals surface area contributed by atoms with Crippen LogP contribution >= 0.6 is 22.7 Å². The summed E-state index contributed by atoms with van der Waals surface area (Å²) in [5.41, 5.74) is 7.17. The molecule has 2 aromatic heterocycles. The maximum Gasteiger partial charge on any atom is 0.229 e. The summed E-state index contributed by atoms with van der Waals surface area (Å²) < 4.78 is 1.03. The van der Waals surface area contributed by atoms with Gasteiger partial charge in [-0.15, -0.1) is 11.3 Å². The Morgan fingerprint density at radius 1 is 1.36 bits per heavy atom. The molecular formula is C16H15N5O2S2. The van der Waals surface area contributed by atoms with E-state index in [0.717, 1.165) is 15.9 Å². The van der Waals surface area contributed by atoms with Gasteiger partial charge in [-0.25, -0.2) is 9.97 Å². The molecule has 7 nitrogen and oxygen atoms in total. The summed E-state index contributed by atoms with van der Waals surface area (Å²) in [4.78, 5) is 34.9. The van der Waals surface area contributed by atoms with Crippen molar-refractivity contribution in [3.8, 4) is 0 Å². The molecule has 1 unspecified atom stereocenters. The van der Waals surface area contributed by atoms with Crippen LogP contribution in [-0.2, 0) is 16.1 Å². The van der Waals surface area contributed by atoms with Crippen molar-refractivity contribution in [3.05, 3.63) is 35.3 Å². The van der Waals surface area contributed by atoms with E-state index in [-0.39, 0.29) is 24.2 Å². The number of nitrogens with zero attached hydrogens (tertiary/aromatic N) is 3. The van der Waals surface area contributed by atoms with E-state index in [0.29, 0.717) is 23.4 Å². The normalized spacial score (nSPS) is 17.4. The van der Waals surface area contributed by atoms with Crippen molar-refractivity contribution in [2.24, 2.45) is 5.92 Å². The van der Waals surface area contributed by atoms with E-state index in [1.165, 1.54) is 22.7 Å². The highest BCUT2D eigenvalue weighted by Gasteiger charge is 2.36. The molecule has 128 valence electrons. The average Bonchev–Trinajstić information content (AvgIpc) is 3.30. The number of nitrogens with two attached hydrogens (primary N) is 1. The SMILES string of the molecule is Nc1nc(CNC(=O)C2CC(=O)N(c3nc4ccccc4s3)C2)cs1. The number of para-hydroxylation sites is 1. The summed E-state index contributed by atoms with van der Waals surface area (Å²) in [5.74, 6) is -0.601. The maximum absolute atomic E-state index is 12.4. The molecular weight excluding hydrogens is 358 g/mol. The molecule has 0 bridgehead atoms. The van der Waals surface area contributed by atoms with Crippen LogP contribution in [0.4, 0.5) is 10.3 Å². The van der Waals surface area contributed by atoms with Crippen LogP contribution in [0.25, 0.3) is 10.2 Å². The summed E-state index contributed by atoms with van der Waals surface area (Å²) in [6.45, 7) is 0.669. The van der Waals surface area contributed by atoms with Crippen LogP contribution < -0.4 is 16.0 Å². The summed E-state index contributed by atoms with van der Waals surface area (Å²) >= 11 is 2.80. The Balaban J connectivity index is 1.43. The number of aromatic nitrogens is 2. The molecule has 1 aromatic carbocycles. The lowest BCUT2D eigenvalue weighted by Gasteiger charge is -2.12. The van der Waals surface area contributed by atoms with Crippen molar-refractivity contribution in [3.63, 3.8) is 0 Å². The Morgan fingerprint density at radius 3 is 2.96 bits per heavy atom. The fourth-order valence-electron chi connectivity index (χ4n) is 2.77. The molecule has 9 heteroatoms. The molecule has 3 aromatic rings. The van der Waals surface area contributed by atoms with Crippen molar-refractivity contribution in [1.82, 2.24) is 15.3 Å². The van der Waals surface area contributed by atoms with Gasteiger partial charge in [-0.05, 0) is 12.1 Å². The highest BCUT2D eigenvalue weighted by Crippen LogP contribution is 2.32. The van der Waals surface area contributed by atoms with Crippen LogP contribution in [0.1, 0.15) is 12.1 Å². The number of fused-ring (bicyclic) bond motifs is 1. The van der Waals surface area contributed by atoms with Crippen LogP contribution in [-0.4, -0.2) is 28.3 Å².